The Morgan fingerprint density at radius 1 is 1.33 bits per heavy atom. The van der Waals surface area contributed by atoms with Gasteiger partial charge in [-0.1, -0.05) is 20.8 Å². The molecule has 5 nitrogen and oxygen atoms in total. The van der Waals surface area contributed by atoms with Gasteiger partial charge in [-0.05, 0) is 31.0 Å². The van der Waals surface area contributed by atoms with Crippen LogP contribution in [0.3, 0.4) is 0 Å². The average molecular weight is 390 g/mol. The lowest BCUT2D eigenvalue weighted by Crippen LogP contribution is -2.45. The number of rotatable bonds is 2. The Balaban J connectivity index is 0.00000208. The van der Waals surface area contributed by atoms with E-state index in [4.69, 9.17) is 5.73 Å². The van der Waals surface area contributed by atoms with E-state index in [1.54, 1.807) is 29.5 Å². The highest BCUT2D eigenvalue weighted by Crippen LogP contribution is 2.33. The number of aromatic nitrogens is 1. The van der Waals surface area contributed by atoms with Crippen molar-refractivity contribution < 1.29 is 8.42 Å². The number of halogens is 1. The molecule has 3 rings (SSSR count). The highest BCUT2D eigenvalue weighted by atomic mass is 35.5. The van der Waals surface area contributed by atoms with Crippen LogP contribution in [0.15, 0.2) is 23.1 Å². The van der Waals surface area contributed by atoms with Crippen molar-refractivity contribution in [1.29, 1.82) is 0 Å². The second-order valence-electron chi connectivity index (χ2n) is 7.16. The highest BCUT2D eigenvalue weighted by molar-refractivity contribution is 7.89. The van der Waals surface area contributed by atoms with Crippen LogP contribution in [0, 0.1) is 0 Å². The summed E-state index contributed by atoms with van der Waals surface area (Å²) in [6.07, 6.45) is 1.70. The van der Waals surface area contributed by atoms with Gasteiger partial charge < -0.3 is 5.73 Å². The zero-order chi connectivity index (χ0) is 16.8. The van der Waals surface area contributed by atoms with Crippen molar-refractivity contribution in [1.82, 2.24) is 9.29 Å². The van der Waals surface area contributed by atoms with Gasteiger partial charge in [0.1, 0.15) is 0 Å². The van der Waals surface area contributed by atoms with Crippen molar-refractivity contribution in [3.05, 3.63) is 23.2 Å². The third-order valence-corrected chi connectivity index (χ3v) is 7.36. The predicted octanol–water partition coefficient (Wildman–Crippen LogP) is 3.13. The Morgan fingerprint density at radius 3 is 2.67 bits per heavy atom. The second kappa shape index (κ2) is 6.88. The molecule has 0 bridgehead atoms. The molecule has 1 unspecified atom stereocenters. The number of sulfonamides is 1. The van der Waals surface area contributed by atoms with E-state index in [0.29, 0.717) is 18.0 Å². The fourth-order valence-corrected chi connectivity index (χ4v) is 5.43. The summed E-state index contributed by atoms with van der Waals surface area (Å²) in [5.41, 5.74) is 6.74. The first-order valence-electron chi connectivity index (χ1n) is 7.85. The number of benzene rings is 1. The molecule has 1 fully saturated rings. The van der Waals surface area contributed by atoms with Gasteiger partial charge >= 0.3 is 0 Å². The smallest absolute Gasteiger partial charge is 0.243 e. The molecule has 2 aromatic rings. The van der Waals surface area contributed by atoms with Crippen LogP contribution >= 0.6 is 23.7 Å². The number of nitrogens with zero attached hydrogens (tertiary/aromatic N) is 2. The van der Waals surface area contributed by atoms with E-state index in [9.17, 15) is 8.42 Å². The minimum Gasteiger partial charge on any atom is -0.327 e. The van der Waals surface area contributed by atoms with Crippen molar-refractivity contribution in [2.75, 3.05) is 13.1 Å². The maximum Gasteiger partial charge on any atom is 0.243 e. The molecular formula is C16H24ClN3O2S2. The topological polar surface area (TPSA) is 76.3 Å². The molecule has 1 aliphatic heterocycles. The third-order valence-electron chi connectivity index (χ3n) is 4.06. The Kier molecular flexibility index (Phi) is 5.62. The van der Waals surface area contributed by atoms with Gasteiger partial charge in [-0.3, -0.25) is 0 Å². The maximum atomic E-state index is 12.8. The highest BCUT2D eigenvalue weighted by Gasteiger charge is 2.29. The standard InChI is InChI=1S/C16H23N3O2S2.ClH/c1-16(2,3)15-18-13-7-6-12(9-14(13)22-15)23(20,21)19-8-4-5-11(17)10-19;/h6-7,9,11H,4-5,8,10,17H2,1-3H3;1H. The Labute approximate surface area is 153 Å². The van der Waals surface area contributed by atoms with Crippen LogP contribution in [0.2, 0.25) is 0 Å². The first kappa shape index (κ1) is 19.6. The van der Waals surface area contributed by atoms with Crippen LogP contribution in [0.1, 0.15) is 38.6 Å². The van der Waals surface area contributed by atoms with Crippen LogP contribution in [-0.4, -0.2) is 36.8 Å². The molecule has 1 saturated heterocycles. The van der Waals surface area contributed by atoms with Gasteiger partial charge in [0.05, 0.1) is 20.1 Å². The Bertz CT molecular complexity index is 827. The summed E-state index contributed by atoms with van der Waals surface area (Å²) >= 11 is 1.56. The summed E-state index contributed by atoms with van der Waals surface area (Å²) in [5.74, 6) is 0. The van der Waals surface area contributed by atoms with E-state index in [2.05, 4.69) is 25.8 Å². The average Bonchev–Trinajstić information content (AvgIpc) is 2.90. The molecule has 1 aliphatic rings. The van der Waals surface area contributed by atoms with Crippen molar-refractivity contribution in [2.45, 2.75) is 50.0 Å². The van der Waals surface area contributed by atoms with E-state index in [1.165, 1.54) is 4.31 Å². The summed E-state index contributed by atoms with van der Waals surface area (Å²) in [5, 5.41) is 1.02. The van der Waals surface area contributed by atoms with Gasteiger partial charge in [-0.2, -0.15) is 4.31 Å². The number of fused-ring (bicyclic) bond motifs is 1. The Hall–Kier alpha value is -0.730. The Morgan fingerprint density at radius 2 is 2.04 bits per heavy atom. The number of thiazole rings is 1. The first-order valence-corrected chi connectivity index (χ1v) is 10.1. The van der Waals surface area contributed by atoms with Crippen molar-refractivity contribution in [2.24, 2.45) is 5.73 Å². The van der Waals surface area contributed by atoms with Gasteiger partial charge in [-0.15, -0.1) is 23.7 Å². The largest absolute Gasteiger partial charge is 0.327 e. The van der Waals surface area contributed by atoms with Crippen LogP contribution in [0.4, 0.5) is 0 Å². The predicted molar refractivity (Wildman–Crippen MR) is 102 cm³/mol. The van der Waals surface area contributed by atoms with Crippen LogP contribution in [0.5, 0.6) is 0 Å². The zero-order valence-corrected chi connectivity index (χ0v) is 16.6. The van der Waals surface area contributed by atoms with E-state index in [1.807, 2.05) is 0 Å². The molecule has 8 heteroatoms. The number of piperidine rings is 1. The van der Waals surface area contributed by atoms with E-state index in [-0.39, 0.29) is 23.9 Å². The summed E-state index contributed by atoms with van der Waals surface area (Å²) in [4.78, 5) is 4.96. The first-order chi connectivity index (χ1) is 10.7. The fraction of sp³-hybridized carbons (Fsp3) is 0.562. The van der Waals surface area contributed by atoms with Crippen LogP contribution in [-0.2, 0) is 15.4 Å². The lowest BCUT2D eigenvalue weighted by atomic mass is 9.98. The second-order valence-corrected chi connectivity index (χ2v) is 10.1. The summed E-state index contributed by atoms with van der Waals surface area (Å²) in [6.45, 7) is 7.27. The lowest BCUT2D eigenvalue weighted by Gasteiger charge is -2.29. The van der Waals surface area contributed by atoms with Gasteiger partial charge in [0.15, 0.2) is 0 Å². The SMILES string of the molecule is CC(C)(C)c1nc2ccc(S(=O)(=O)N3CCCC(N)C3)cc2s1.Cl. The van der Waals surface area contributed by atoms with Crippen molar-refractivity contribution in [3.63, 3.8) is 0 Å². The van der Waals surface area contributed by atoms with E-state index < -0.39 is 10.0 Å². The van der Waals surface area contributed by atoms with Crippen molar-refractivity contribution >= 4 is 44.0 Å². The zero-order valence-electron chi connectivity index (χ0n) is 14.2. The minimum atomic E-state index is -3.48. The normalized spacial score (nSPS) is 20.1. The molecule has 24 heavy (non-hydrogen) atoms. The van der Waals surface area contributed by atoms with E-state index in [0.717, 1.165) is 28.1 Å². The third kappa shape index (κ3) is 3.75. The molecule has 1 atom stereocenters. The van der Waals surface area contributed by atoms with Crippen molar-refractivity contribution in [3.8, 4) is 0 Å². The molecule has 0 spiro atoms. The number of hydrogen-bond donors (Lipinski definition) is 1. The molecule has 0 aliphatic carbocycles. The molecule has 0 radical (unpaired) electrons. The van der Waals surface area contributed by atoms with Gasteiger partial charge in [-0.25, -0.2) is 13.4 Å². The summed E-state index contributed by atoms with van der Waals surface area (Å²) in [7, 11) is -3.48. The molecule has 1 aromatic heterocycles. The van der Waals surface area contributed by atoms with Crippen LogP contribution in [0.25, 0.3) is 10.2 Å². The molecule has 0 saturated carbocycles. The lowest BCUT2D eigenvalue weighted by molar-refractivity contribution is 0.316. The quantitative estimate of drug-likeness (QED) is 0.855. The molecule has 1 aromatic carbocycles. The molecule has 2 heterocycles. The number of hydrogen-bond acceptors (Lipinski definition) is 5. The van der Waals surface area contributed by atoms with Gasteiger partial charge in [0.2, 0.25) is 10.0 Å². The van der Waals surface area contributed by atoms with Crippen LogP contribution < -0.4 is 5.73 Å². The van der Waals surface area contributed by atoms with Gasteiger partial charge in [0, 0.05) is 24.5 Å². The van der Waals surface area contributed by atoms with Gasteiger partial charge in [0.25, 0.3) is 0 Å². The molecule has 0 amide bonds. The fourth-order valence-electron chi connectivity index (χ4n) is 2.73. The summed E-state index contributed by atoms with van der Waals surface area (Å²) in [6, 6.07) is 5.14. The summed E-state index contributed by atoms with van der Waals surface area (Å²) < 4.78 is 28.1. The maximum absolute atomic E-state index is 12.8. The van der Waals surface area contributed by atoms with E-state index >= 15 is 0 Å². The molecule has 134 valence electrons. The number of nitrogens with two attached hydrogens (primary N) is 1. The minimum absolute atomic E-state index is 0. The molecule has 2 N–H and O–H groups in total. The monoisotopic (exact) mass is 389 g/mol. The molecular weight excluding hydrogens is 366 g/mol.